The molecule has 0 aliphatic heterocycles. The molecular weight excluding hydrogens is 274 g/mol. The molecule has 0 atom stereocenters. The Morgan fingerprint density at radius 2 is 1.85 bits per heavy atom. The van der Waals surface area contributed by atoms with Crippen molar-refractivity contribution in [3.05, 3.63) is 53.6 Å². The van der Waals surface area contributed by atoms with Crippen LogP contribution in [0.25, 0.3) is 0 Å². The van der Waals surface area contributed by atoms with Gasteiger partial charge in [-0.3, -0.25) is 4.72 Å². The largest absolute Gasteiger partial charge is 0.398 e. The molecule has 0 saturated heterocycles. The van der Waals surface area contributed by atoms with Crippen molar-refractivity contribution < 1.29 is 8.42 Å². The quantitative estimate of drug-likeness (QED) is 0.846. The third-order valence-electron chi connectivity index (χ3n) is 2.92. The lowest BCUT2D eigenvalue weighted by molar-refractivity contribution is 0.601. The number of hydrogen-bond donors (Lipinski definition) is 2. The minimum absolute atomic E-state index is 0.0516. The summed E-state index contributed by atoms with van der Waals surface area (Å²) in [5, 5.41) is 8.98. The van der Waals surface area contributed by atoms with Gasteiger partial charge in [-0.25, -0.2) is 8.42 Å². The number of benzene rings is 2. The number of rotatable bonds is 3. The van der Waals surface area contributed by atoms with Gasteiger partial charge in [0.25, 0.3) is 10.0 Å². The second-order valence-electron chi connectivity index (χ2n) is 4.23. The van der Waals surface area contributed by atoms with Gasteiger partial charge in [-0.2, -0.15) is 5.26 Å². The van der Waals surface area contributed by atoms with Crippen molar-refractivity contribution in [2.24, 2.45) is 0 Å². The van der Waals surface area contributed by atoms with E-state index >= 15 is 0 Å². The highest BCUT2D eigenvalue weighted by molar-refractivity contribution is 7.92. The Balaban J connectivity index is 2.47. The molecule has 0 spiro atoms. The molecule has 2 rings (SSSR count). The maximum atomic E-state index is 12.3. The van der Waals surface area contributed by atoms with Crippen molar-refractivity contribution in [1.29, 1.82) is 5.26 Å². The Hall–Kier alpha value is -2.52. The zero-order chi connectivity index (χ0) is 14.8. The molecule has 0 aliphatic carbocycles. The summed E-state index contributed by atoms with van der Waals surface area (Å²) in [4.78, 5) is -0.0516. The van der Waals surface area contributed by atoms with Crippen LogP contribution in [-0.2, 0) is 10.0 Å². The first kappa shape index (κ1) is 13.9. The Morgan fingerprint density at radius 1 is 1.15 bits per heavy atom. The minimum Gasteiger partial charge on any atom is -0.398 e. The fourth-order valence-corrected chi connectivity index (χ4v) is 3.04. The summed E-state index contributed by atoms with van der Waals surface area (Å²) in [6, 6.07) is 12.9. The molecule has 0 fully saturated rings. The van der Waals surface area contributed by atoms with Gasteiger partial charge in [0.15, 0.2) is 0 Å². The van der Waals surface area contributed by atoms with Crippen LogP contribution in [0.5, 0.6) is 0 Å². The van der Waals surface area contributed by atoms with E-state index in [0.717, 1.165) is 0 Å². The van der Waals surface area contributed by atoms with E-state index in [4.69, 9.17) is 11.0 Å². The van der Waals surface area contributed by atoms with Gasteiger partial charge < -0.3 is 5.73 Å². The van der Waals surface area contributed by atoms with Crippen LogP contribution in [0, 0.1) is 18.3 Å². The number of nitrogens with zero attached hydrogens (tertiary/aromatic N) is 1. The SMILES string of the molecule is Cc1c(N)cccc1NS(=O)(=O)c1ccccc1C#N. The predicted molar refractivity (Wildman–Crippen MR) is 77.6 cm³/mol. The van der Waals surface area contributed by atoms with Crippen LogP contribution >= 0.6 is 0 Å². The Labute approximate surface area is 117 Å². The van der Waals surface area contributed by atoms with E-state index in [2.05, 4.69) is 4.72 Å². The summed E-state index contributed by atoms with van der Waals surface area (Å²) in [5.74, 6) is 0. The van der Waals surface area contributed by atoms with Crippen molar-refractivity contribution >= 4 is 21.4 Å². The van der Waals surface area contributed by atoms with E-state index in [1.165, 1.54) is 12.1 Å². The highest BCUT2D eigenvalue weighted by Gasteiger charge is 2.19. The molecule has 0 aromatic heterocycles. The van der Waals surface area contributed by atoms with Gasteiger partial charge in [-0.15, -0.1) is 0 Å². The molecule has 0 amide bonds. The van der Waals surface area contributed by atoms with Crippen molar-refractivity contribution in [3.63, 3.8) is 0 Å². The van der Waals surface area contributed by atoms with Crippen molar-refractivity contribution in [2.45, 2.75) is 11.8 Å². The number of nitrogens with two attached hydrogens (primary N) is 1. The third kappa shape index (κ3) is 2.58. The molecule has 0 heterocycles. The lowest BCUT2D eigenvalue weighted by Crippen LogP contribution is -2.15. The maximum Gasteiger partial charge on any atom is 0.263 e. The van der Waals surface area contributed by atoms with Gasteiger partial charge in [0, 0.05) is 5.69 Å². The average molecular weight is 287 g/mol. The summed E-state index contributed by atoms with van der Waals surface area (Å²) in [7, 11) is -3.82. The average Bonchev–Trinajstić information content (AvgIpc) is 2.43. The lowest BCUT2D eigenvalue weighted by atomic mass is 10.2. The lowest BCUT2D eigenvalue weighted by Gasteiger charge is -2.12. The van der Waals surface area contributed by atoms with E-state index in [1.807, 2.05) is 6.07 Å². The van der Waals surface area contributed by atoms with Gasteiger partial charge in [0.05, 0.1) is 11.3 Å². The Morgan fingerprint density at radius 3 is 2.55 bits per heavy atom. The zero-order valence-electron chi connectivity index (χ0n) is 10.8. The molecule has 0 aliphatic rings. The monoisotopic (exact) mass is 287 g/mol. The molecule has 0 bridgehead atoms. The number of anilines is 2. The van der Waals surface area contributed by atoms with Gasteiger partial charge in [-0.1, -0.05) is 18.2 Å². The van der Waals surface area contributed by atoms with Crippen LogP contribution in [0.4, 0.5) is 11.4 Å². The van der Waals surface area contributed by atoms with Crippen LogP contribution < -0.4 is 10.5 Å². The highest BCUT2D eigenvalue weighted by Crippen LogP contribution is 2.24. The van der Waals surface area contributed by atoms with E-state index < -0.39 is 10.0 Å². The Bertz CT molecular complexity index is 792. The van der Waals surface area contributed by atoms with E-state index in [0.29, 0.717) is 16.9 Å². The second-order valence-corrected chi connectivity index (χ2v) is 5.88. The van der Waals surface area contributed by atoms with Crippen LogP contribution in [0.1, 0.15) is 11.1 Å². The Kier molecular flexibility index (Phi) is 3.63. The number of hydrogen-bond acceptors (Lipinski definition) is 4. The molecule has 2 aromatic rings. The van der Waals surface area contributed by atoms with Crippen molar-refractivity contribution in [2.75, 3.05) is 10.5 Å². The third-order valence-corrected chi connectivity index (χ3v) is 4.34. The van der Waals surface area contributed by atoms with Gasteiger partial charge >= 0.3 is 0 Å². The van der Waals surface area contributed by atoms with E-state index in [9.17, 15) is 8.42 Å². The van der Waals surface area contributed by atoms with Crippen molar-refractivity contribution in [1.82, 2.24) is 0 Å². The molecule has 0 saturated carbocycles. The first-order valence-corrected chi connectivity index (χ1v) is 7.31. The smallest absolute Gasteiger partial charge is 0.263 e. The summed E-state index contributed by atoms with van der Waals surface area (Å²) in [6.45, 7) is 1.73. The van der Waals surface area contributed by atoms with Crippen LogP contribution in [0.15, 0.2) is 47.4 Å². The van der Waals surface area contributed by atoms with Crippen LogP contribution in [0.3, 0.4) is 0 Å². The summed E-state index contributed by atoms with van der Waals surface area (Å²) < 4.78 is 27.1. The first-order valence-electron chi connectivity index (χ1n) is 5.83. The standard InChI is InChI=1S/C14H13N3O2S/c1-10-12(16)6-4-7-13(10)17-20(18,19)14-8-3-2-5-11(14)9-15/h2-8,17H,16H2,1H3. The molecule has 3 N–H and O–H groups in total. The molecule has 2 aromatic carbocycles. The minimum atomic E-state index is -3.82. The van der Waals surface area contributed by atoms with E-state index in [-0.39, 0.29) is 10.5 Å². The number of nitriles is 1. The van der Waals surface area contributed by atoms with Crippen LogP contribution in [0.2, 0.25) is 0 Å². The molecule has 102 valence electrons. The van der Waals surface area contributed by atoms with Gasteiger partial charge in [0.2, 0.25) is 0 Å². The summed E-state index contributed by atoms with van der Waals surface area (Å²) in [6.07, 6.45) is 0. The normalized spacial score (nSPS) is 10.8. The second kappa shape index (κ2) is 5.23. The molecular formula is C14H13N3O2S. The zero-order valence-corrected chi connectivity index (χ0v) is 11.6. The fraction of sp³-hybridized carbons (Fsp3) is 0.0714. The molecule has 0 unspecified atom stereocenters. The molecule has 0 radical (unpaired) electrons. The number of sulfonamides is 1. The predicted octanol–water partition coefficient (Wildman–Crippen LogP) is 2.25. The van der Waals surface area contributed by atoms with Gasteiger partial charge in [0.1, 0.15) is 11.0 Å². The number of nitrogens with one attached hydrogen (secondary N) is 1. The topological polar surface area (TPSA) is 96.0 Å². The summed E-state index contributed by atoms with van der Waals surface area (Å²) in [5.41, 5.74) is 7.39. The van der Waals surface area contributed by atoms with Crippen molar-refractivity contribution in [3.8, 4) is 6.07 Å². The van der Waals surface area contributed by atoms with Crippen LogP contribution in [-0.4, -0.2) is 8.42 Å². The fourth-order valence-electron chi connectivity index (χ4n) is 1.76. The molecule has 20 heavy (non-hydrogen) atoms. The van der Waals surface area contributed by atoms with Gasteiger partial charge in [-0.05, 0) is 36.8 Å². The first-order chi connectivity index (χ1) is 9.45. The molecule has 5 nitrogen and oxygen atoms in total. The summed E-state index contributed by atoms with van der Waals surface area (Å²) >= 11 is 0. The molecule has 6 heteroatoms. The highest BCUT2D eigenvalue weighted by atomic mass is 32.2. The van der Waals surface area contributed by atoms with E-state index in [1.54, 1.807) is 37.3 Å². The maximum absolute atomic E-state index is 12.3. The number of nitrogen functional groups attached to an aromatic ring is 1.